The number of aromatic nitrogens is 1. The standard InChI is InChI=1S/C16H13BrN2OS/c17-14-7-6-12(20-10-11-4-2-1-3-5-11)8-13(14)15-9-19-16(18)21-15/h1-9H,10H2,(H2,18,19). The fraction of sp³-hybridized carbons (Fsp3) is 0.0625. The lowest BCUT2D eigenvalue weighted by atomic mass is 10.2. The highest BCUT2D eigenvalue weighted by atomic mass is 79.9. The zero-order valence-corrected chi connectivity index (χ0v) is 13.5. The molecule has 3 rings (SSSR count). The van der Waals surface area contributed by atoms with E-state index in [9.17, 15) is 0 Å². The molecule has 0 unspecified atom stereocenters. The summed E-state index contributed by atoms with van der Waals surface area (Å²) in [6, 6.07) is 16.0. The maximum absolute atomic E-state index is 5.85. The van der Waals surface area contributed by atoms with Gasteiger partial charge in [-0.1, -0.05) is 57.6 Å². The van der Waals surface area contributed by atoms with E-state index >= 15 is 0 Å². The maximum atomic E-state index is 5.85. The summed E-state index contributed by atoms with van der Waals surface area (Å²) >= 11 is 5.01. The Balaban J connectivity index is 1.81. The fourth-order valence-electron chi connectivity index (χ4n) is 1.94. The number of rotatable bonds is 4. The molecule has 0 radical (unpaired) electrons. The van der Waals surface area contributed by atoms with E-state index in [1.807, 2.05) is 48.5 Å². The summed E-state index contributed by atoms with van der Waals surface area (Å²) in [6.45, 7) is 0.548. The second-order valence-electron chi connectivity index (χ2n) is 4.48. The van der Waals surface area contributed by atoms with Gasteiger partial charge in [-0.25, -0.2) is 4.98 Å². The van der Waals surface area contributed by atoms with Crippen LogP contribution in [0.1, 0.15) is 5.56 Å². The van der Waals surface area contributed by atoms with Crippen LogP contribution in [-0.4, -0.2) is 4.98 Å². The van der Waals surface area contributed by atoms with Crippen molar-refractivity contribution in [2.24, 2.45) is 0 Å². The fourth-order valence-corrected chi connectivity index (χ4v) is 3.24. The van der Waals surface area contributed by atoms with E-state index in [1.165, 1.54) is 11.3 Å². The molecule has 0 fully saturated rings. The molecule has 1 aromatic heterocycles. The van der Waals surface area contributed by atoms with E-state index < -0.39 is 0 Å². The van der Waals surface area contributed by atoms with E-state index in [0.29, 0.717) is 11.7 Å². The van der Waals surface area contributed by atoms with Gasteiger partial charge in [0.25, 0.3) is 0 Å². The Morgan fingerprint density at radius 2 is 1.95 bits per heavy atom. The molecule has 2 aromatic carbocycles. The molecule has 0 aliphatic heterocycles. The number of ether oxygens (including phenoxy) is 1. The van der Waals surface area contributed by atoms with Gasteiger partial charge in [-0.3, -0.25) is 0 Å². The maximum Gasteiger partial charge on any atom is 0.180 e. The molecule has 0 spiro atoms. The SMILES string of the molecule is Nc1ncc(-c2cc(OCc3ccccc3)ccc2Br)s1. The molecule has 0 saturated heterocycles. The molecule has 5 heteroatoms. The van der Waals surface area contributed by atoms with Crippen LogP contribution in [0.15, 0.2) is 59.2 Å². The summed E-state index contributed by atoms with van der Waals surface area (Å²) in [5, 5.41) is 0.563. The number of thiazole rings is 1. The number of hydrogen-bond donors (Lipinski definition) is 1. The molecule has 0 aliphatic carbocycles. The van der Waals surface area contributed by atoms with E-state index in [4.69, 9.17) is 10.5 Å². The van der Waals surface area contributed by atoms with Gasteiger partial charge < -0.3 is 10.5 Å². The molecule has 3 aromatic rings. The first kappa shape index (κ1) is 14.1. The van der Waals surface area contributed by atoms with Crippen LogP contribution < -0.4 is 10.5 Å². The lowest BCUT2D eigenvalue weighted by Crippen LogP contribution is -1.95. The van der Waals surface area contributed by atoms with Gasteiger partial charge in [0.2, 0.25) is 0 Å². The molecule has 0 amide bonds. The molecule has 2 N–H and O–H groups in total. The summed E-state index contributed by atoms with van der Waals surface area (Å²) in [5.74, 6) is 0.823. The van der Waals surface area contributed by atoms with Crippen LogP contribution in [0.4, 0.5) is 5.13 Å². The number of nitrogens with two attached hydrogens (primary N) is 1. The minimum atomic E-state index is 0.548. The van der Waals surface area contributed by atoms with Crippen LogP contribution >= 0.6 is 27.3 Å². The first-order chi connectivity index (χ1) is 10.2. The molecule has 21 heavy (non-hydrogen) atoms. The zero-order chi connectivity index (χ0) is 14.7. The van der Waals surface area contributed by atoms with E-state index in [-0.39, 0.29) is 0 Å². The van der Waals surface area contributed by atoms with Gasteiger partial charge in [-0.05, 0) is 23.8 Å². The second kappa shape index (κ2) is 6.28. The van der Waals surface area contributed by atoms with Crippen molar-refractivity contribution in [1.82, 2.24) is 4.98 Å². The highest BCUT2D eigenvalue weighted by molar-refractivity contribution is 9.10. The highest BCUT2D eigenvalue weighted by Crippen LogP contribution is 2.35. The van der Waals surface area contributed by atoms with E-state index in [0.717, 1.165) is 26.2 Å². The monoisotopic (exact) mass is 360 g/mol. The predicted molar refractivity (Wildman–Crippen MR) is 90.4 cm³/mol. The van der Waals surface area contributed by atoms with Crippen LogP contribution in [0.2, 0.25) is 0 Å². The third kappa shape index (κ3) is 3.43. The lowest BCUT2D eigenvalue weighted by molar-refractivity contribution is 0.306. The van der Waals surface area contributed by atoms with Gasteiger partial charge in [0, 0.05) is 16.2 Å². The smallest absolute Gasteiger partial charge is 0.180 e. The average Bonchev–Trinajstić information content (AvgIpc) is 2.94. The lowest BCUT2D eigenvalue weighted by Gasteiger charge is -2.09. The summed E-state index contributed by atoms with van der Waals surface area (Å²) in [6.07, 6.45) is 1.78. The minimum absolute atomic E-state index is 0.548. The third-order valence-corrected chi connectivity index (χ3v) is 4.53. The minimum Gasteiger partial charge on any atom is -0.489 e. The van der Waals surface area contributed by atoms with Gasteiger partial charge in [-0.2, -0.15) is 0 Å². The summed E-state index contributed by atoms with van der Waals surface area (Å²) in [5.41, 5.74) is 7.88. The summed E-state index contributed by atoms with van der Waals surface area (Å²) in [4.78, 5) is 5.11. The number of nitrogens with zero attached hydrogens (tertiary/aromatic N) is 1. The number of benzene rings is 2. The zero-order valence-electron chi connectivity index (χ0n) is 11.1. The summed E-state index contributed by atoms with van der Waals surface area (Å²) < 4.78 is 6.85. The average molecular weight is 361 g/mol. The Morgan fingerprint density at radius 3 is 2.67 bits per heavy atom. The Kier molecular flexibility index (Phi) is 4.22. The predicted octanol–water partition coefficient (Wildman–Crippen LogP) is 4.73. The largest absolute Gasteiger partial charge is 0.489 e. The Bertz CT molecular complexity index is 743. The quantitative estimate of drug-likeness (QED) is 0.731. The molecule has 0 atom stereocenters. The Morgan fingerprint density at radius 1 is 1.14 bits per heavy atom. The molecule has 1 heterocycles. The van der Waals surface area contributed by atoms with Gasteiger partial charge >= 0.3 is 0 Å². The van der Waals surface area contributed by atoms with E-state index in [1.54, 1.807) is 6.20 Å². The van der Waals surface area contributed by atoms with Gasteiger partial charge in [0.15, 0.2) is 5.13 Å². The van der Waals surface area contributed by atoms with Crippen molar-refractivity contribution < 1.29 is 4.74 Å². The van der Waals surface area contributed by atoms with Crippen molar-refractivity contribution in [3.05, 3.63) is 64.8 Å². The van der Waals surface area contributed by atoms with Crippen molar-refractivity contribution in [3.8, 4) is 16.2 Å². The van der Waals surface area contributed by atoms with Crippen LogP contribution in [0.25, 0.3) is 10.4 Å². The summed E-state index contributed by atoms with van der Waals surface area (Å²) in [7, 11) is 0. The van der Waals surface area contributed by atoms with Crippen LogP contribution in [-0.2, 0) is 6.61 Å². The molecular formula is C16H13BrN2OS. The number of anilines is 1. The first-order valence-corrected chi connectivity index (χ1v) is 8.01. The topological polar surface area (TPSA) is 48.1 Å². The number of nitrogen functional groups attached to an aromatic ring is 1. The van der Waals surface area contributed by atoms with Gasteiger partial charge in [0.1, 0.15) is 12.4 Å². The Hall–Kier alpha value is -1.85. The van der Waals surface area contributed by atoms with Crippen LogP contribution in [0.5, 0.6) is 5.75 Å². The van der Waals surface area contributed by atoms with E-state index in [2.05, 4.69) is 20.9 Å². The van der Waals surface area contributed by atoms with Crippen LogP contribution in [0, 0.1) is 0 Å². The van der Waals surface area contributed by atoms with Gasteiger partial charge in [0.05, 0.1) is 4.88 Å². The van der Waals surface area contributed by atoms with Crippen LogP contribution in [0.3, 0.4) is 0 Å². The molecular weight excluding hydrogens is 348 g/mol. The first-order valence-electron chi connectivity index (χ1n) is 6.40. The number of halogens is 1. The van der Waals surface area contributed by atoms with Crippen molar-refractivity contribution in [2.45, 2.75) is 6.61 Å². The van der Waals surface area contributed by atoms with Crippen molar-refractivity contribution >= 4 is 32.4 Å². The van der Waals surface area contributed by atoms with Gasteiger partial charge in [-0.15, -0.1) is 0 Å². The molecule has 3 nitrogen and oxygen atoms in total. The molecule has 106 valence electrons. The molecule has 0 saturated carbocycles. The van der Waals surface area contributed by atoms with Crippen molar-refractivity contribution in [1.29, 1.82) is 0 Å². The highest BCUT2D eigenvalue weighted by Gasteiger charge is 2.08. The molecule has 0 bridgehead atoms. The van der Waals surface area contributed by atoms with Crippen molar-refractivity contribution in [3.63, 3.8) is 0 Å². The third-order valence-electron chi connectivity index (χ3n) is 2.98. The normalized spacial score (nSPS) is 10.5. The second-order valence-corrected chi connectivity index (χ2v) is 6.40. The molecule has 0 aliphatic rings. The van der Waals surface area contributed by atoms with Crippen molar-refractivity contribution in [2.75, 3.05) is 5.73 Å². The number of hydrogen-bond acceptors (Lipinski definition) is 4. The Labute approximate surface area is 135 Å².